The molecule has 0 spiro atoms. The molecule has 0 aliphatic rings. The third-order valence-electron chi connectivity index (χ3n) is 22.4. The van der Waals surface area contributed by atoms with Crippen molar-refractivity contribution >= 4 is 23.9 Å². The number of aryl methyl sites for hydroxylation is 2. The van der Waals surface area contributed by atoms with E-state index in [0.717, 1.165) is 124 Å². The van der Waals surface area contributed by atoms with Crippen LogP contribution in [0.15, 0.2) is 135 Å². The number of hydrogen-bond donors (Lipinski definition) is 0. The molecule has 0 aliphatic carbocycles. The topological polar surface area (TPSA) is 121 Å². The Morgan fingerprint density at radius 3 is 0.554 bits per heavy atom. The second kappa shape index (κ2) is 62.3. The van der Waals surface area contributed by atoms with Gasteiger partial charge in [0.1, 0.15) is 0 Å². The molecular weight excluding hydrogens is 1390 g/mol. The first-order chi connectivity index (χ1) is 55.2. The van der Waals surface area contributed by atoms with Crippen LogP contribution in [0, 0.1) is 0 Å². The standard InChI is InChI=1S/C100H154N4O8/c1-5-9-13-17-21-25-29-33-37-41-45-49-53-75-109-97(105)93-79-87(80-94(83-93)98(106)110-76-54-50-46-42-38-34-30-26-22-18-14-10-6-2)85-103-69-61-91(62-70-103)89-57-65-101(66-58-89)73-74-102-67-59-90(60-68-102)92-63-71-104(72-64-92)86-88-81-95(99(107)111-77-55-51-47-43-39-35-31-27-23-19-15-11-7-3)84-96(82-88)100(108)112-78-56-52-48-44-40-36-32-28-24-20-16-12-8-4/h57-72,79-84H,5-56,73-78,85-86H2,1-4H3/q+4. The summed E-state index contributed by atoms with van der Waals surface area (Å²) in [4.78, 5) is 54.6. The number of aromatic nitrogens is 4. The van der Waals surface area contributed by atoms with Crippen molar-refractivity contribution in [2.75, 3.05) is 26.4 Å². The van der Waals surface area contributed by atoms with Crippen LogP contribution in [-0.2, 0) is 45.1 Å². The molecule has 4 heterocycles. The van der Waals surface area contributed by atoms with E-state index in [1.165, 1.54) is 257 Å². The smallest absolute Gasteiger partial charge is 0.338 e. The Morgan fingerprint density at radius 2 is 0.375 bits per heavy atom. The minimum Gasteiger partial charge on any atom is -0.462 e. The highest BCUT2D eigenvalue weighted by molar-refractivity contribution is 5.96. The van der Waals surface area contributed by atoms with E-state index in [-0.39, 0.29) is 0 Å². The normalized spacial score (nSPS) is 11.4. The summed E-state index contributed by atoms with van der Waals surface area (Å²) in [5.41, 5.74) is 7.58. The Balaban J connectivity index is 0.971. The Bertz CT molecular complexity index is 3040. The van der Waals surface area contributed by atoms with E-state index in [4.69, 9.17) is 18.9 Å². The van der Waals surface area contributed by atoms with Crippen molar-refractivity contribution in [1.29, 1.82) is 0 Å². The van der Waals surface area contributed by atoms with Gasteiger partial charge in [0.15, 0.2) is 62.7 Å². The maximum Gasteiger partial charge on any atom is 0.338 e. The fourth-order valence-electron chi connectivity index (χ4n) is 15.3. The Hall–Kier alpha value is -7.08. The third kappa shape index (κ3) is 42.9. The summed E-state index contributed by atoms with van der Waals surface area (Å²) in [5, 5.41) is 0. The van der Waals surface area contributed by atoms with E-state index in [1.807, 2.05) is 24.3 Å². The van der Waals surface area contributed by atoms with Crippen molar-refractivity contribution in [1.82, 2.24) is 0 Å². The zero-order valence-corrected chi connectivity index (χ0v) is 71.2. The molecule has 0 atom stereocenters. The number of hydrogen-bond acceptors (Lipinski definition) is 8. The predicted molar refractivity (Wildman–Crippen MR) is 460 cm³/mol. The fourth-order valence-corrected chi connectivity index (χ4v) is 15.3. The van der Waals surface area contributed by atoms with Gasteiger partial charge in [0.2, 0.25) is 13.1 Å². The second-order valence-electron chi connectivity index (χ2n) is 32.5. The zero-order chi connectivity index (χ0) is 79.2. The minimum absolute atomic E-state index is 0.367. The molecule has 0 saturated carbocycles. The number of esters is 4. The lowest BCUT2D eigenvalue weighted by Crippen LogP contribution is -2.43. The monoisotopic (exact) mass is 1540 g/mol. The molecule has 618 valence electrons. The molecule has 0 bridgehead atoms. The highest BCUT2D eigenvalue weighted by atomic mass is 16.5. The average molecular weight is 1540 g/mol. The van der Waals surface area contributed by atoms with Crippen LogP contribution in [0.4, 0.5) is 0 Å². The Kier molecular flexibility index (Phi) is 52.2. The number of pyridine rings is 4. The van der Waals surface area contributed by atoms with E-state index in [1.54, 1.807) is 12.1 Å². The van der Waals surface area contributed by atoms with E-state index >= 15 is 0 Å². The van der Waals surface area contributed by atoms with Gasteiger partial charge in [0.25, 0.3) is 0 Å². The first-order valence-corrected chi connectivity index (χ1v) is 46.1. The van der Waals surface area contributed by atoms with Crippen molar-refractivity contribution in [3.63, 3.8) is 0 Å². The van der Waals surface area contributed by atoms with Crippen LogP contribution < -0.4 is 18.3 Å². The molecule has 6 rings (SSSR count). The largest absolute Gasteiger partial charge is 0.462 e. The van der Waals surface area contributed by atoms with Crippen LogP contribution in [-0.4, -0.2) is 50.3 Å². The highest BCUT2D eigenvalue weighted by Gasteiger charge is 2.21. The van der Waals surface area contributed by atoms with Gasteiger partial charge in [-0.15, -0.1) is 0 Å². The summed E-state index contributed by atoms with van der Waals surface area (Å²) in [5.74, 6) is -1.61. The van der Waals surface area contributed by atoms with Crippen LogP contribution in [0.1, 0.15) is 414 Å². The van der Waals surface area contributed by atoms with Gasteiger partial charge in [0.05, 0.1) is 48.7 Å². The van der Waals surface area contributed by atoms with E-state index < -0.39 is 23.9 Å². The summed E-state index contributed by atoms with van der Waals surface area (Å²) in [6, 6.07) is 27.8. The molecule has 0 unspecified atom stereocenters. The highest BCUT2D eigenvalue weighted by Crippen LogP contribution is 2.23. The molecule has 0 radical (unpaired) electrons. The molecule has 12 nitrogen and oxygen atoms in total. The second-order valence-corrected chi connectivity index (χ2v) is 32.5. The summed E-state index contributed by atoms with van der Waals surface area (Å²) in [7, 11) is 0. The predicted octanol–water partition coefficient (Wildman–Crippen LogP) is 26.0. The number of unbranched alkanes of at least 4 members (excludes halogenated alkanes) is 48. The molecule has 0 fully saturated rings. The van der Waals surface area contributed by atoms with Gasteiger partial charge in [-0.05, 0) is 84.3 Å². The number of ether oxygens (including phenoxy) is 4. The average Bonchev–Trinajstić information content (AvgIpc) is 0.829. The van der Waals surface area contributed by atoms with Crippen molar-refractivity contribution < 1.29 is 56.4 Å². The van der Waals surface area contributed by atoms with Crippen molar-refractivity contribution in [3.05, 3.63) is 168 Å². The van der Waals surface area contributed by atoms with Gasteiger partial charge < -0.3 is 18.9 Å². The van der Waals surface area contributed by atoms with Crippen molar-refractivity contribution in [3.8, 4) is 22.3 Å². The Labute approximate surface area is 680 Å². The third-order valence-corrected chi connectivity index (χ3v) is 22.4. The van der Waals surface area contributed by atoms with Crippen LogP contribution in [0.25, 0.3) is 22.3 Å². The minimum atomic E-state index is -0.401. The first kappa shape index (κ1) is 93.8. The molecule has 12 heteroatoms. The van der Waals surface area contributed by atoms with Crippen LogP contribution in [0.5, 0.6) is 0 Å². The van der Waals surface area contributed by atoms with Crippen molar-refractivity contribution in [2.45, 2.75) is 388 Å². The van der Waals surface area contributed by atoms with Gasteiger partial charge in [-0.3, -0.25) is 0 Å². The van der Waals surface area contributed by atoms with E-state index in [9.17, 15) is 19.2 Å². The van der Waals surface area contributed by atoms with Crippen LogP contribution in [0.3, 0.4) is 0 Å². The number of carbonyl (C=O) groups is 4. The SMILES string of the molecule is CCCCCCCCCCCCCCCOC(=O)c1cc(C[n+]2ccc(-c3cc[n+](CC[n+]4ccc(-c5cc[n+](Cc6cc(C(=O)OCCCCCCCCCCCCCCC)cc(C(=O)OCCCCCCCCCCCCCCC)c6)cc5)cc4)cc3)cc2)cc(C(=O)OCCCCCCCCCCCCCCC)c1. The molecule has 112 heavy (non-hydrogen) atoms. The summed E-state index contributed by atoms with van der Waals surface area (Å²) >= 11 is 0. The lowest BCUT2D eigenvalue weighted by molar-refractivity contribution is -0.778. The quantitative estimate of drug-likeness (QED) is 0.0160. The van der Waals surface area contributed by atoms with Gasteiger partial charge in [-0.2, -0.15) is 9.13 Å². The number of nitrogens with zero attached hydrogens (tertiary/aromatic N) is 4. The Morgan fingerprint density at radius 1 is 0.214 bits per heavy atom. The molecule has 0 N–H and O–H groups in total. The van der Waals surface area contributed by atoms with Gasteiger partial charge in [-0.1, -0.05) is 336 Å². The van der Waals surface area contributed by atoms with Crippen LogP contribution >= 0.6 is 0 Å². The number of benzene rings is 2. The molecule has 0 aliphatic heterocycles. The summed E-state index contributed by atoms with van der Waals surface area (Å²) in [6.45, 7) is 13.1. The fraction of sp³-hybridized carbons (Fsp3) is 0.640. The van der Waals surface area contributed by atoms with E-state index in [0.29, 0.717) is 61.8 Å². The van der Waals surface area contributed by atoms with Crippen molar-refractivity contribution in [2.24, 2.45) is 0 Å². The van der Waals surface area contributed by atoms with Gasteiger partial charge >= 0.3 is 23.9 Å². The van der Waals surface area contributed by atoms with Gasteiger partial charge in [-0.25, -0.2) is 28.3 Å². The summed E-state index contributed by atoms with van der Waals surface area (Å²) in [6.07, 6.45) is 82.0. The zero-order valence-electron chi connectivity index (χ0n) is 71.2. The molecule has 6 aromatic rings. The molecule has 4 aromatic heterocycles. The maximum absolute atomic E-state index is 13.6. The van der Waals surface area contributed by atoms with E-state index in [2.05, 4.69) is 144 Å². The molecular formula is C100H154N4O8+4. The van der Waals surface area contributed by atoms with Crippen LogP contribution in [0.2, 0.25) is 0 Å². The lowest BCUT2D eigenvalue weighted by Gasteiger charge is -2.10. The summed E-state index contributed by atoms with van der Waals surface area (Å²) < 4.78 is 31.9. The number of rotatable bonds is 69. The molecule has 2 aromatic carbocycles. The maximum atomic E-state index is 13.6. The first-order valence-electron chi connectivity index (χ1n) is 46.1. The van der Waals surface area contributed by atoms with Gasteiger partial charge in [0, 0.05) is 59.7 Å². The number of carbonyl (C=O) groups excluding carboxylic acids is 4. The molecule has 0 amide bonds. The molecule has 0 saturated heterocycles. The lowest BCUT2D eigenvalue weighted by atomic mass is 10.0.